The lowest BCUT2D eigenvalue weighted by atomic mass is 10.2. The maximum absolute atomic E-state index is 13.0. The molecule has 7 heteroatoms. The number of nitrogens with zero attached hydrogens (tertiary/aromatic N) is 2. The fraction of sp³-hybridized carbons (Fsp3) is 0.211. The first kappa shape index (κ1) is 21.1. The second kappa shape index (κ2) is 9.16. The molecule has 0 saturated carbocycles. The van der Waals surface area contributed by atoms with Gasteiger partial charge in [0.15, 0.2) is 0 Å². The molecule has 0 bridgehead atoms. The van der Waals surface area contributed by atoms with Crippen LogP contribution in [-0.4, -0.2) is 38.0 Å². The van der Waals surface area contributed by atoms with Crippen LogP contribution in [0.3, 0.4) is 0 Å². The van der Waals surface area contributed by atoms with Gasteiger partial charge < -0.3 is 9.80 Å². The van der Waals surface area contributed by atoms with Crippen molar-refractivity contribution in [2.24, 2.45) is 0 Å². The van der Waals surface area contributed by atoms with E-state index in [0.717, 1.165) is 22.7 Å². The highest BCUT2D eigenvalue weighted by Crippen LogP contribution is 2.42. The summed E-state index contributed by atoms with van der Waals surface area (Å²) in [6, 6.07) is 13.3. The number of thioether (sulfide) groups is 1. The summed E-state index contributed by atoms with van der Waals surface area (Å²) in [6.07, 6.45) is 1.84. The topological polar surface area (TPSA) is 23.6 Å². The largest absolute Gasteiger partial charge is 0.308 e. The minimum absolute atomic E-state index is 0. The standard InChI is InChI=1S/C19H18Cl2N2OS.ClH/c1-22(2)9-10-23-16-5-3-4-6-17(16)25-18(19(23)24)11-13-7-8-14(20)12-15(13)21;/h3-8,11-12H,9-10H2,1-2H3;1H. The summed E-state index contributed by atoms with van der Waals surface area (Å²) in [5.41, 5.74) is 1.74. The molecule has 0 N–H and O–H groups in total. The predicted octanol–water partition coefficient (Wildman–Crippen LogP) is 5.46. The minimum Gasteiger partial charge on any atom is -0.308 e. The normalized spacial score (nSPS) is 15.2. The van der Waals surface area contributed by atoms with Crippen LogP contribution < -0.4 is 4.90 Å². The van der Waals surface area contributed by atoms with Crippen LogP contribution in [0.5, 0.6) is 0 Å². The molecule has 1 heterocycles. The number of carbonyl (C=O) groups is 1. The maximum Gasteiger partial charge on any atom is 0.265 e. The zero-order valence-electron chi connectivity index (χ0n) is 14.4. The number of likely N-dealkylation sites (N-methyl/N-ethyl adjacent to an activating group) is 1. The number of carbonyl (C=O) groups excluding carboxylic acids is 1. The predicted molar refractivity (Wildman–Crippen MR) is 115 cm³/mol. The van der Waals surface area contributed by atoms with Gasteiger partial charge in [-0.2, -0.15) is 0 Å². The Balaban J connectivity index is 0.00000243. The summed E-state index contributed by atoms with van der Waals surface area (Å²) in [7, 11) is 4.00. The van der Waals surface area contributed by atoms with Gasteiger partial charge in [0.25, 0.3) is 5.91 Å². The molecular weight excluding hydrogens is 411 g/mol. The van der Waals surface area contributed by atoms with Crippen LogP contribution in [0.1, 0.15) is 5.56 Å². The van der Waals surface area contributed by atoms with Gasteiger partial charge in [-0.15, -0.1) is 12.4 Å². The number of amides is 1. The Bertz CT molecular complexity index is 839. The van der Waals surface area contributed by atoms with Gasteiger partial charge in [0.1, 0.15) is 0 Å². The molecule has 2 aromatic carbocycles. The van der Waals surface area contributed by atoms with E-state index in [1.807, 2.05) is 55.4 Å². The van der Waals surface area contributed by atoms with Crippen molar-refractivity contribution < 1.29 is 4.79 Å². The van der Waals surface area contributed by atoms with Crippen molar-refractivity contribution in [1.82, 2.24) is 4.90 Å². The molecule has 0 fully saturated rings. The number of anilines is 1. The molecule has 0 aromatic heterocycles. The highest BCUT2D eigenvalue weighted by atomic mass is 35.5. The van der Waals surface area contributed by atoms with E-state index in [4.69, 9.17) is 23.2 Å². The van der Waals surface area contributed by atoms with E-state index < -0.39 is 0 Å². The molecule has 26 heavy (non-hydrogen) atoms. The van der Waals surface area contributed by atoms with Crippen LogP contribution in [0.15, 0.2) is 52.3 Å². The van der Waals surface area contributed by atoms with Crippen LogP contribution in [0.4, 0.5) is 5.69 Å². The number of hydrogen-bond acceptors (Lipinski definition) is 3. The van der Waals surface area contributed by atoms with Gasteiger partial charge in [-0.1, -0.05) is 53.2 Å². The molecule has 0 saturated heterocycles. The molecule has 1 aliphatic rings. The highest BCUT2D eigenvalue weighted by molar-refractivity contribution is 8.04. The Morgan fingerprint density at radius 2 is 1.88 bits per heavy atom. The van der Waals surface area contributed by atoms with Crippen LogP contribution >= 0.6 is 47.4 Å². The molecule has 0 radical (unpaired) electrons. The second-order valence-electron chi connectivity index (χ2n) is 6.00. The van der Waals surface area contributed by atoms with Gasteiger partial charge in [-0.25, -0.2) is 0 Å². The molecule has 0 spiro atoms. The smallest absolute Gasteiger partial charge is 0.265 e. The van der Waals surface area contributed by atoms with Crippen molar-refractivity contribution in [3.05, 3.63) is 63.0 Å². The molecule has 0 unspecified atom stereocenters. The van der Waals surface area contributed by atoms with Crippen molar-refractivity contribution in [2.75, 3.05) is 32.1 Å². The Kier molecular flexibility index (Phi) is 7.44. The molecule has 2 aromatic rings. The molecule has 138 valence electrons. The van der Waals surface area contributed by atoms with Crippen LogP contribution in [0.2, 0.25) is 10.0 Å². The van der Waals surface area contributed by atoms with Gasteiger partial charge in [-0.05, 0) is 50.0 Å². The van der Waals surface area contributed by atoms with Crippen molar-refractivity contribution >= 4 is 65.0 Å². The Hall–Kier alpha value is -1.17. The average Bonchev–Trinajstić information content (AvgIpc) is 2.57. The molecule has 1 aliphatic heterocycles. The van der Waals surface area contributed by atoms with Crippen LogP contribution in [0, 0.1) is 0 Å². The van der Waals surface area contributed by atoms with Gasteiger partial charge in [0.05, 0.1) is 10.6 Å². The third-order valence-electron chi connectivity index (χ3n) is 3.85. The van der Waals surface area contributed by atoms with Gasteiger partial charge in [-0.3, -0.25) is 4.79 Å². The van der Waals surface area contributed by atoms with E-state index >= 15 is 0 Å². The number of hydrogen-bond donors (Lipinski definition) is 0. The summed E-state index contributed by atoms with van der Waals surface area (Å²) in [5.74, 6) is -0.00318. The number of fused-ring (bicyclic) bond motifs is 1. The fourth-order valence-electron chi connectivity index (χ4n) is 2.54. The van der Waals surface area contributed by atoms with Crippen LogP contribution in [-0.2, 0) is 4.79 Å². The zero-order chi connectivity index (χ0) is 18.0. The Labute approximate surface area is 174 Å². The molecule has 0 aliphatic carbocycles. The quantitative estimate of drug-likeness (QED) is 0.603. The van der Waals surface area contributed by atoms with Gasteiger partial charge >= 0.3 is 0 Å². The zero-order valence-corrected chi connectivity index (χ0v) is 17.6. The number of halogens is 3. The van der Waals surface area contributed by atoms with E-state index in [9.17, 15) is 4.79 Å². The van der Waals surface area contributed by atoms with Crippen molar-refractivity contribution in [3.8, 4) is 0 Å². The van der Waals surface area contributed by atoms with Crippen LogP contribution in [0.25, 0.3) is 6.08 Å². The minimum atomic E-state index is -0.00318. The molecular formula is C19H19Cl3N2OS. The van der Waals surface area contributed by atoms with E-state index in [2.05, 4.69) is 4.90 Å². The van der Waals surface area contributed by atoms with E-state index in [-0.39, 0.29) is 18.3 Å². The summed E-state index contributed by atoms with van der Waals surface area (Å²) in [4.78, 5) is 18.7. The van der Waals surface area contributed by atoms with Gasteiger partial charge in [0, 0.05) is 28.0 Å². The highest BCUT2D eigenvalue weighted by Gasteiger charge is 2.28. The van der Waals surface area contributed by atoms with Crippen molar-refractivity contribution in [3.63, 3.8) is 0 Å². The number of benzene rings is 2. The fourth-order valence-corrected chi connectivity index (χ4v) is 4.06. The third-order valence-corrected chi connectivity index (χ3v) is 5.49. The number of rotatable bonds is 4. The van der Waals surface area contributed by atoms with E-state index in [1.54, 1.807) is 12.1 Å². The summed E-state index contributed by atoms with van der Waals surface area (Å²) >= 11 is 13.7. The van der Waals surface area contributed by atoms with Gasteiger partial charge in [0.2, 0.25) is 0 Å². The monoisotopic (exact) mass is 428 g/mol. The summed E-state index contributed by atoms with van der Waals surface area (Å²) in [6.45, 7) is 1.43. The lowest BCUT2D eigenvalue weighted by Crippen LogP contribution is -2.39. The third kappa shape index (κ3) is 4.76. The van der Waals surface area contributed by atoms with Crippen molar-refractivity contribution in [2.45, 2.75) is 4.90 Å². The Morgan fingerprint density at radius 1 is 1.15 bits per heavy atom. The summed E-state index contributed by atoms with van der Waals surface area (Å²) in [5, 5.41) is 1.11. The molecule has 3 rings (SSSR count). The molecule has 3 nitrogen and oxygen atoms in total. The Morgan fingerprint density at radius 3 is 2.58 bits per heavy atom. The van der Waals surface area contributed by atoms with E-state index in [0.29, 0.717) is 21.5 Å². The lowest BCUT2D eigenvalue weighted by Gasteiger charge is -2.31. The first-order valence-corrected chi connectivity index (χ1v) is 9.43. The summed E-state index contributed by atoms with van der Waals surface area (Å²) < 4.78 is 0. The average molecular weight is 430 g/mol. The SMILES string of the molecule is CN(C)CCN1C(=O)C(=Cc2ccc(Cl)cc2Cl)Sc2ccccc21.Cl. The first-order valence-electron chi connectivity index (χ1n) is 7.86. The first-order chi connectivity index (χ1) is 12.0. The lowest BCUT2D eigenvalue weighted by molar-refractivity contribution is -0.114. The molecule has 0 atom stereocenters. The number of para-hydroxylation sites is 1. The second-order valence-corrected chi connectivity index (χ2v) is 7.93. The molecule has 1 amide bonds. The van der Waals surface area contributed by atoms with Crippen molar-refractivity contribution in [1.29, 1.82) is 0 Å². The maximum atomic E-state index is 13.0. The van der Waals surface area contributed by atoms with E-state index in [1.165, 1.54) is 11.8 Å².